The second kappa shape index (κ2) is 5.04. The number of fused-ring (bicyclic) bond motifs is 1. The first-order valence-corrected chi connectivity index (χ1v) is 5.84. The topological polar surface area (TPSA) is 59.4 Å². The summed E-state index contributed by atoms with van der Waals surface area (Å²) < 4.78 is 5.45. The van der Waals surface area contributed by atoms with E-state index in [0.717, 1.165) is 22.2 Å². The third-order valence-electron chi connectivity index (χ3n) is 2.79. The normalized spacial score (nSPS) is 10.6. The van der Waals surface area contributed by atoms with Gasteiger partial charge in [0.2, 0.25) is 0 Å². The summed E-state index contributed by atoms with van der Waals surface area (Å²) in [6.07, 6.45) is 1.60. The van der Waals surface area contributed by atoms with Crippen LogP contribution in [0.1, 0.15) is 18.2 Å². The average Bonchev–Trinajstić information content (AvgIpc) is 2.33. The molecule has 0 fully saturated rings. The SMILES string of the molecule is CCOc1ccc2c(C)ncc(CC(=O)O)c2c1. The fraction of sp³-hybridized carbons (Fsp3) is 0.286. The van der Waals surface area contributed by atoms with Crippen LogP contribution in [0.5, 0.6) is 5.75 Å². The molecule has 0 aliphatic heterocycles. The lowest BCUT2D eigenvalue weighted by Crippen LogP contribution is -2.02. The zero-order valence-electron chi connectivity index (χ0n) is 10.4. The maximum absolute atomic E-state index is 10.8. The predicted octanol–water partition coefficient (Wildman–Crippen LogP) is 2.57. The molecule has 0 amide bonds. The number of aryl methyl sites for hydroxylation is 1. The second-order valence-electron chi connectivity index (χ2n) is 4.08. The zero-order chi connectivity index (χ0) is 13.1. The molecule has 1 heterocycles. The molecule has 0 aliphatic rings. The molecule has 0 atom stereocenters. The van der Waals surface area contributed by atoms with Crippen LogP contribution in [0.4, 0.5) is 0 Å². The number of hydrogen-bond donors (Lipinski definition) is 1. The number of aromatic nitrogens is 1. The largest absolute Gasteiger partial charge is 0.494 e. The van der Waals surface area contributed by atoms with Gasteiger partial charge in [0.15, 0.2) is 0 Å². The fourth-order valence-electron chi connectivity index (χ4n) is 1.98. The fourth-order valence-corrected chi connectivity index (χ4v) is 1.98. The first-order chi connectivity index (χ1) is 8.61. The van der Waals surface area contributed by atoms with E-state index in [0.29, 0.717) is 12.2 Å². The first-order valence-electron chi connectivity index (χ1n) is 5.84. The van der Waals surface area contributed by atoms with E-state index < -0.39 is 5.97 Å². The molecule has 1 aromatic heterocycles. The number of carboxylic acids is 1. The molecule has 4 heteroatoms. The summed E-state index contributed by atoms with van der Waals surface area (Å²) >= 11 is 0. The Morgan fingerprint density at radius 3 is 2.83 bits per heavy atom. The van der Waals surface area contributed by atoms with Gasteiger partial charge in [-0.05, 0) is 43.0 Å². The minimum atomic E-state index is -0.858. The predicted molar refractivity (Wildman–Crippen MR) is 69.0 cm³/mol. The highest BCUT2D eigenvalue weighted by Crippen LogP contribution is 2.26. The van der Waals surface area contributed by atoms with Gasteiger partial charge >= 0.3 is 5.97 Å². The summed E-state index contributed by atoms with van der Waals surface area (Å²) in [4.78, 5) is 15.1. The number of benzene rings is 1. The minimum absolute atomic E-state index is 0.0284. The van der Waals surface area contributed by atoms with Crippen LogP contribution in [-0.2, 0) is 11.2 Å². The molecule has 4 nitrogen and oxygen atoms in total. The Kier molecular flexibility index (Phi) is 3.46. The van der Waals surface area contributed by atoms with Gasteiger partial charge in [-0.15, -0.1) is 0 Å². The number of carboxylic acid groups (broad SMARTS) is 1. The number of nitrogens with zero attached hydrogens (tertiary/aromatic N) is 1. The molecule has 0 spiro atoms. The van der Waals surface area contributed by atoms with Crippen LogP contribution in [0.3, 0.4) is 0 Å². The van der Waals surface area contributed by atoms with Crippen molar-refractivity contribution < 1.29 is 14.6 Å². The average molecular weight is 245 g/mol. The smallest absolute Gasteiger partial charge is 0.307 e. The van der Waals surface area contributed by atoms with Crippen molar-refractivity contribution in [2.24, 2.45) is 0 Å². The summed E-state index contributed by atoms with van der Waals surface area (Å²) in [6.45, 7) is 4.41. The van der Waals surface area contributed by atoms with Crippen molar-refractivity contribution >= 4 is 16.7 Å². The molecular formula is C14H15NO3. The highest BCUT2D eigenvalue weighted by Gasteiger charge is 2.09. The summed E-state index contributed by atoms with van der Waals surface area (Å²) in [6, 6.07) is 5.69. The quantitative estimate of drug-likeness (QED) is 0.899. The van der Waals surface area contributed by atoms with E-state index in [-0.39, 0.29) is 6.42 Å². The molecule has 1 aromatic carbocycles. The van der Waals surface area contributed by atoms with Crippen LogP contribution in [0.25, 0.3) is 10.8 Å². The van der Waals surface area contributed by atoms with Crippen molar-refractivity contribution in [1.29, 1.82) is 0 Å². The van der Waals surface area contributed by atoms with E-state index in [9.17, 15) is 4.79 Å². The Bertz CT molecular complexity index is 593. The number of hydrogen-bond acceptors (Lipinski definition) is 3. The second-order valence-corrected chi connectivity index (χ2v) is 4.08. The van der Waals surface area contributed by atoms with E-state index in [1.807, 2.05) is 32.0 Å². The molecule has 2 rings (SSSR count). The number of carbonyl (C=O) groups is 1. The van der Waals surface area contributed by atoms with Gasteiger partial charge in [-0.3, -0.25) is 9.78 Å². The Balaban J connectivity index is 2.59. The van der Waals surface area contributed by atoms with Crippen LogP contribution in [0.15, 0.2) is 24.4 Å². The Labute approximate surface area is 105 Å². The van der Waals surface area contributed by atoms with Gasteiger partial charge in [0.1, 0.15) is 5.75 Å². The number of rotatable bonds is 4. The third-order valence-corrected chi connectivity index (χ3v) is 2.79. The van der Waals surface area contributed by atoms with Crippen molar-refractivity contribution in [3.05, 3.63) is 35.7 Å². The Morgan fingerprint density at radius 1 is 1.39 bits per heavy atom. The maximum Gasteiger partial charge on any atom is 0.307 e. The molecule has 0 aliphatic carbocycles. The van der Waals surface area contributed by atoms with Gasteiger partial charge in [-0.1, -0.05) is 0 Å². The highest BCUT2D eigenvalue weighted by molar-refractivity contribution is 5.90. The van der Waals surface area contributed by atoms with Crippen LogP contribution in [0.2, 0.25) is 0 Å². The van der Waals surface area contributed by atoms with Gasteiger partial charge in [0, 0.05) is 17.3 Å². The molecule has 18 heavy (non-hydrogen) atoms. The van der Waals surface area contributed by atoms with Gasteiger partial charge in [-0.2, -0.15) is 0 Å². The molecule has 0 saturated carbocycles. The van der Waals surface area contributed by atoms with Gasteiger partial charge in [-0.25, -0.2) is 0 Å². The van der Waals surface area contributed by atoms with E-state index >= 15 is 0 Å². The summed E-state index contributed by atoms with van der Waals surface area (Å²) in [7, 11) is 0. The van der Waals surface area contributed by atoms with Crippen LogP contribution in [0, 0.1) is 6.92 Å². The van der Waals surface area contributed by atoms with Crippen LogP contribution >= 0.6 is 0 Å². The maximum atomic E-state index is 10.8. The number of aliphatic carboxylic acids is 1. The molecule has 1 N–H and O–H groups in total. The Morgan fingerprint density at radius 2 is 2.17 bits per heavy atom. The number of pyridine rings is 1. The molecule has 0 radical (unpaired) electrons. The monoisotopic (exact) mass is 245 g/mol. The van der Waals surface area contributed by atoms with Gasteiger partial charge < -0.3 is 9.84 Å². The molecule has 0 bridgehead atoms. The molecule has 94 valence electrons. The zero-order valence-corrected chi connectivity index (χ0v) is 10.4. The highest BCUT2D eigenvalue weighted by atomic mass is 16.5. The van der Waals surface area contributed by atoms with Crippen LogP contribution in [-0.4, -0.2) is 22.7 Å². The van der Waals surface area contributed by atoms with Crippen molar-refractivity contribution in [3.8, 4) is 5.75 Å². The van der Waals surface area contributed by atoms with Crippen molar-refractivity contribution in [3.63, 3.8) is 0 Å². The summed E-state index contributed by atoms with van der Waals surface area (Å²) in [5, 5.41) is 10.8. The third kappa shape index (κ3) is 2.42. The van der Waals surface area contributed by atoms with E-state index in [1.165, 1.54) is 0 Å². The molecule has 0 unspecified atom stereocenters. The standard InChI is InChI=1S/C14H15NO3/c1-3-18-11-4-5-12-9(2)15-8-10(6-14(16)17)13(12)7-11/h4-5,7-8H,3,6H2,1-2H3,(H,16,17). The van der Waals surface area contributed by atoms with Crippen molar-refractivity contribution in [2.45, 2.75) is 20.3 Å². The van der Waals surface area contributed by atoms with Gasteiger partial charge in [0.25, 0.3) is 0 Å². The minimum Gasteiger partial charge on any atom is -0.494 e. The summed E-state index contributed by atoms with van der Waals surface area (Å²) in [5.41, 5.74) is 1.60. The molecular weight excluding hydrogens is 230 g/mol. The van der Waals surface area contributed by atoms with Crippen molar-refractivity contribution in [1.82, 2.24) is 4.98 Å². The van der Waals surface area contributed by atoms with Gasteiger partial charge in [0.05, 0.1) is 13.0 Å². The first kappa shape index (κ1) is 12.4. The Hall–Kier alpha value is -2.10. The van der Waals surface area contributed by atoms with Crippen molar-refractivity contribution in [2.75, 3.05) is 6.61 Å². The lowest BCUT2D eigenvalue weighted by molar-refractivity contribution is -0.136. The summed E-state index contributed by atoms with van der Waals surface area (Å²) in [5.74, 6) is -0.106. The van der Waals surface area contributed by atoms with E-state index in [1.54, 1.807) is 6.20 Å². The molecule has 0 saturated heterocycles. The lowest BCUT2D eigenvalue weighted by atomic mass is 10.0. The van der Waals surface area contributed by atoms with Crippen LogP contribution < -0.4 is 4.74 Å². The van der Waals surface area contributed by atoms with E-state index in [2.05, 4.69) is 4.98 Å². The lowest BCUT2D eigenvalue weighted by Gasteiger charge is -2.09. The number of ether oxygens (including phenoxy) is 1. The van der Waals surface area contributed by atoms with E-state index in [4.69, 9.17) is 9.84 Å². The molecule has 2 aromatic rings.